The van der Waals surface area contributed by atoms with Crippen molar-refractivity contribution in [2.45, 2.75) is 15.6 Å². The summed E-state index contributed by atoms with van der Waals surface area (Å²) >= 11 is 4.35. The van der Waals surface area contributed by atoms with E-state index in [2.05, 4.69) is 20.7 Å². The van der Waals surface area contributed by atoms with Crippen molar-refractivity contribution < 1.29 is 9.32 Å². The molecule has 0 bridgehead atoms. The molecule has 124 valence electrons. The monoisotopic (exact) mass is 378 g/mol. The lowest BCUT2D eigenvalue weighted by molar-refractivity contribution is -0.113. The van der Waals surface area contributed by atoms with E-state index < -0.39 is 0 Å². The number of carbonyl (C=O) groups is 1. The summed E-state index contributed by atoms with van der Waals surface area (Å²) in [5.41, 5.74) is 2.80. The molecule has 3 rings (SSSR count). The summed E-state index contributed by atoms with van der Waals surface area (Å²) in [6.07, 6.45) is 1.94. The molecule has 0 radical (unpaired) electrons. The highest BCUT2D eigenvalue weighted by Gasteiger charge is 2.11. The molecule has 1 aromatic carbocycles. The lowest BCUT2D eigenvalue weighted by atomic mass is 10.1. The van der Waals surface area contributed by atoms with Crippen LogP contribution in [0.3, 0.4) is 0 Å². The topological polar surface area (TPSA) is 80.9 Å². The van der Waals surface area contributed by atoms with Gasteiger partial charge in [0.1, 0.15) is 5.69 Å². The van der Waals surface area contributed by atoms with Crippen LogP contribution in [0.4, 0.5) is 5.88 Å². The van der Waals surface area contributed by atoms with Crippen molar-refractivity contribution in [3.8, 4) is 11.3 Å². The second kappa shape index (κ2) is 7.82. The number of aromatic nitrogens is 3. The quantitative estimate of drug-likeness (QED) is 0.650. The summed E-state index contributed by atoms with van der Waals surface area (Å²) < 4.78 is 6.83. The Morgan fingerprint density at radius 1 is 1.25 bits per heavy atom. The zero-order chi connectivity index (χ0) is 16.9. The molecule has 3 aromatic rings. The minimum absolute atomic E-state index is 0.174. The molecule has 0 aliphatic rings. The van der Waals surface area contributed by atoms with Crippen LogP contribution in [0.25, 0.3) is 11.3 Å². The summed E-state index contributed by atoms with van der Waals surface area (Å²) in [5.74, 6) is 0.398. The molecule has 0 aliphatic heterocycles. The number of carbonyl (C=O) groups excluding carboxylic acids is 1. The van der Waals surface area contributed by atoms with Gasteiger partial charge < -0.3 is 4.52 Å². The Morgan fingerprint density at radius 2 is 2.00 bits per heavy atom. The third kappa shape index (κ3) is 4.37. The number of nitrogens with one attached hydrogen (secondary N) is 1. The molecule has 9 heteroatoms. The molecule has 0 aliphatic carbocycles. The first-order chi connectivity index (χ1) is 11.6. The van der Waals surface area contributed by atoms with E-state index in [1.54, 1.807) is 6.07 Å². The Labute approximate surface area is 151 Å². The Morgan fingerprint density at radius 3 is 2.71 bits per heavy atom. The van der Waals surface area contributed by atoms with E-state index in [0.717, 1.165) is 14.2 Å². The van der Waals surface area contributed by atoms with Crippen LogP contribution < -0.4 is 5.32 Å². The highest BCUT2D eigenvalue weighted by Crippen LogP contribution is 2.27. The maximum Gasteiger partial charge on any atom is 0.237 e. The first-order valence-corrected chi connectivity index (χ1v) is 10.0. The summed E-state index contributed by atoms with van der Waals surface area (Å²) in [4.78, 5) is 12.0. The Kier molecular flexibility index (Phi) is 5.54. The highest BCUT2D eigenvalue weighted by molar-refractivity contribution is 8.03. The Bertz CT molecular complexity index is 829. The molecule has 1 amide bonds. The van der Waals surface area contributed by atoms with Gasteiger partial charge in [-0.25, -0.2) is 0 Å². The van der Waals surface area contributed by atoms with Crippen molar-refractivity contribution in [1.82, 2.24) is 15.4 Å². The number of anilines is 1. The van der Waals surface area contributed by atoms with Gasteiger partial charge in [-0.3, -0.25) is 10.1 Å². The van der Waals surface area contributed by atoms with Crippen molar-refractivity contribution >= 4 is 46.7 Å². The molecule has 2 aromatic heterocycles. The van der Waals surface area contributed by atoms with Gasteiger partial charge in [-0.2, -0.15) is 0 Å². The maximum atomic E-state index is 12.0. The predicted molar refractivity (Wildman–Crippen MR) is 97.7 cm³/mol. The normalized spacial score (nSPS) is 10.8. The average Bonchev–Trinajstić information content (AvgIpc) is 3.23. The van der Waals surface area contributed by atoms with Crippen LogP contribution >= 0.6 is 34.9 Å². The van der Waals surface area contributed by atoms with Crippen LogP contribution in [-0.4, -0.2) is 33.3 Å². The van der Waals surface area contributed by atoms with Crippen LogP contribution in [0.1, 0.15) is 5.56 Å². The van der Waals surface area contributed by atoms with Crippen molar-refractivity contribution in [2.24, 2.45) is 0 Å². The van der Waals surface area contributed by atoms with E-state index >= 15 is 0 Å². The summed E-state index contributed by atoms with van der Waals surface area (Å²) in [6.45, 7) is 2.02. The lowest BCUT2D eigenvalue weighted by Crippen LogP contribution is -2.13. The van der Waals surface area contributed by atoms with Crippen LogP contribution in [0, 0.1) is 6.92 Å². The summed E-state index contributed by atoms with van der Waals surface area (Å²) in [5, 5.41) is 14.7. The van der Waals surface area contributed by atoms with E-state index in [0.29, 0.717) is 11.6 Å². The SMILES string of the molecule is CSc1nnc(SCC(=O)Nc2cc(-c3ccc(C)cc3)no2)s1. The zero-order valence-corrected chi connectivity index (χ0v) is 15.4. The van der Waals surface area contributed by atoms with Gasteiger partial charge in [-0.15, -0.1) is 10.2 Å². The molecule has 0 spiro atoms. The first kappa shape index (κ1) is 17.0. The second-order valence-electron chi connectivity index (χ2n) is 4.82. The summed E-state index contributed by atoms with van der Waals surface area (Å²) in [6, 6.07) is 9.65. The molecule has 24 heavy (non-hydrogen) atoms. The van der Waals surface area contributed by atoms with E-state index in [-0.39, 0.29) is 11.7 Å². The molecule has 1 N–H and O–H groups in total. The van der Waals surface area contributed by atoms with Crippen molar-refractivity contribution in [3.63, 3.8) is 0 Å². The van der Waals surface area contributed by atoms with Gasteiger partial charge >= 0.3 is 0 Å². The van der Waals surface area contributed by atoms with Gasteiger partial charge in [0.15, 0.2) is 8.68 Å². The largest absolute Gasteiger partial charge is 0.338 e. The number of thioether (sulfide) groups is 2. The van der Waals surface area contributed by atoms with Crippen LogP contribution in [0.15, 0.2) is 43.5 Å². The Balaban J connectivity index is 1.56. The number of nitrogens with zero attached hydrogens (tertiary/aromatic N) is 3. The zero-order valence-electron chi connectivity index (χ0n) is 13.0. The van der Waals surface area contributed by atoms with Gasteiger partial charge in [0, 0.05) is 11.6 Å². The van der Waals surface area contributed by atoms with Gasteiger partial charge in [0.2, 0.25) is 11.8 Å². The molecule has 0 fully saturated rings. The number of amides is 1. The fraction of sp³-hybridized carbons (Fsp3) is 0.200. The second-order valence-corrected chi connectivity index (χ2v) is 8.07. The van der Waals surface area contributed by atoms with Gasteiger partial charge in [-0.1, -0.05) is 69.8 Å². The standard InChI is InChI=1S/C15H14N4O2S3/c1-9-3-5-10(6-4-9)11-7-13(21-19-11)16-12(20)8-23-15-18-17-14(22-2)24-15/h3-7H,8H2,1-2H3,(H,16,20). The molecule has 0 saturated carbocycles. The average molecular weight is 379 g/mol. The third-order valence-corrected chi connectivity index (χ3v) is 6.04. The first-order valence-electron chi connectivity index (χ1n) is 6.98. The van der Waals surface area contributed by atoms with E-state index in [1.165, 1.54) is 40.4 Å². The summed E-state index contributed by atoms with van der Waals surface area (Å²) in [7, 11) is 0. The van der Waals surface area contributed by atoms with Crippen LogP contribution in [0.2, 0.25) is 0 Å². The molecular formula is C15H14N4O2S3. The molecular weight excluding hydrogens is 364 g/mol. The molecule has 6 nitrogen and oxygen atoms in total. The number of hydrogen-bond acceptors (Lipinski definition) is 8. The van der Waals surface area contributed by atoms with Crippen molar-refractivity contribution in [2.75, 3.05) is 17.3 Å². The minimum Gasteiger partial charge on any atom is -0.338 e. The number of hydrogen-bond donors (Lipinski definition) is 1. The molecule has 0 unspecified atom stereocenters. The van der Waals surface area contributed by atoms with Gasteiger partial charge in [0.05, 0.1) is 5.75 Å². The number of benzene rings is 1. The number of aryl methyl sites for hydroxylation is 1. The molecule has 2 heterocycles. The van der Waals surface area contributed by atoms with Crippen molar-refractivity contribution in [3.05, 3.63) is 35.9 Å². The third-order valence-electron chi connectivity index (χ3n) is 3.01. The predicted octanol–water partition coefficient (Wildman–Crippen LogP) is 3.95. The fourth-order valence-corrected chi connectivity index (χ4v) is 4.07. The Hall–Kier alpha value is -1.84. The fourth-order valence-electron chi connectivity index (χ4n) is 1.83. The maximum absolute atomic E-state index is 12.0. The lowest BCUT2D eigenvalue weighted by Gasteiger charge is -1.98. The van der Waals surface area contributed by atoms with E-state index in [1.807, 2.05) is 37.4 Å². The van der Waals surface area contributed by atoms with Crippen molar-refractivity contribution in [1.29, 1.82) is 0 Å². The van der Waals surface area contributed by atoms with E-state index in [4.69, 9.17) is 4.52 Å². The minimum atomic E-state index is -0.174. The smallest absolute Gasteiger partial charge is 0.237 e. The number of rotatable bonds is 6. The van der Waals surface area contributed by atoms with Gasteiger partial charge in [-0.05, 0) is 13.2 Å². The van der Waals surface area contributed by atoms with Crippen LogP contribution in [0.5, 0.6) is 0 Å². The van der Waals surface area contributed by atoms with Crippen LogP contribution in [-0.2, 0) is 4.79 Å². The highest BCUT2D eigenvalue weighted by atomic mass is 32.2. The van der Waals surface area contributed by atoms with E-state index in [9.17, 15) is 4.79 Å². The molecule has 0 saturated heterocycles. The molecule has 0 atom stereocenters. The van der Waals surface area contributed by atoms with Gasteiger partial charge in [0.25, 0.3) is 0 Å².